The number of hydrogen-bond donors (Lipinski definition) is 5. The van der Waals surface area contributed by atoms with Crippen LogP contribution in [-0.4, -0.2) is 49.1 Å². The van der Waals surface area contributed by atoms with Crippen LogP contribution in [0, 0.1) is 6.92 Å². The first-order chi connectivity index (χ1) is 8.82. The van der Waals surface area contributed by atoms with E-state index in [1.807, 2.05) is 0 Å². The molecule has 6 N–H and O–H groups in total. The number of nitrogens with two attached hydrogens (primary N) is 1. The second-order valence-corrected chi connectivity index (χ2v) is 5.97. The van der Waals surface area contributed by atoms with Gasteiger partial charge >= 0.3 is 0 Å². The molecule has 0 aromatic heterocycles. The minimum atomic E-state index is -4.07. The molecular formula is C11H18N2O5S. The van der Waals surface area contributed by atoms with Gasteiger partial charge in [-0.15, -0.1) is 0 Å². The summed E-state index contributed by atoms with van der Waals surface area (Å²) in [5, 5.41) is 27.4. The van der Waals surface area contributed by atoms with E-state index >= 15 is 0 Å². The quantitative estimate of drug-likeness (QED) is 0.408. The normalized spacial score (nSPS) is 12.6. The molecule has 0 unspecified atom stereocenters. The van der Waals surface area contributed by atoms with Crippen LogP contribution in [0.25, 0.3) is 0 Å². The Morgan fingerprint density at radius 3 is 2.16 bits per heavy atom. The summed E-state index contributed by atoms with van der Waals surface area (Å²) in [4.78, 5) is -0.130. The monoisotopic (exact) mass is 290 g/mol. The van der Waals surface area contributed by atoms with Crippen LogP contribution in [0.15, 0.2) is 23.1 Å². The van der Waals surface area contributed by atoms with E-state index in [1.54, 1.807) is 19.1 Å². The van der Waals surface area contributed by atoms with E-state index in [0.29, 0.717) is 5.56 Å². The third-order valence-electron chi connectivity index (χ3n) is 2.77. The van der Waals surface area contributed by atoms with Crippen molar-refractivity contribution in [2.75, 3.05) is 25.6 Å². The van der Waals surface area contributed by atoms with Crippen LogP contribution in [0.2, 0.25) is 0 Å². The molecule has 1 aromatic rings. The predicted octanol–water partition coefficient (Wildman–Crippen LogP) is -1.43. The molecule has 108 valence electrons. The first-order valence-electron chi connectivity index (χ1n) is 5.53. The Labute approximate surface area is 111 Å². The SMILES string of the molecule is Cc1cccc(N)c1S(=O)(=O)NC(CO)(CO)CO. The highest BCUT2D eigenvalue weighted by atomic mass is 32.2. The van der Waals surface area contributed by atoms with Gasteiger partial charge in [0.15, 0.2) is 0 Å². The van der Waals surface area contributed by atoms with Crippen molar-refractivity contribution >= 4 is 15.7 Å². The Hall–Kier alpha value is -1.19. The number of benzene rings is 1. The molecule has 0 atom stereocenters. The van der Waals surface area contributed by atoms with Crippen molar-refractivity contribution in [3.63, 3.8) is 0 Å². The van der Waals surface area contributed by atoms with Gasteiger partial charge in [0.1, 0.15) is 10.4 Å². The second-order valence-electron chi connectivity index (χ2n) is 4.35. The molecule has 0 saturated carbocycles. The molecule has 0 bridgehead atoms. The Kier molecular flexibility index (Phi) is 4.88. The third kappa shape index (κ3) is 3.23. The summed E-state index contributed by atoms with van der Waals surface area (Å²) in [7, 11) is -4.07. The van der Waals surface area contributed by atoms with Crippen molar-refractivity contribution in [2.45, 2.75) is 17.4 Å². The first-order valence-corrected chi connectivity index (χ1v) is 7.02. The van der Waals surface area contributed by atoms with E-state index in [2.05, 4.69) is 4.72 Å². The van der Waals surface area contributed by atoms with E-state index < -0.39 is 35.4 Å². The summed E-state index contributed by atoms with van der Waals surface area (Å²) in [6, 6.07) is 4.62. The number of aryl methyl sites for hydroxylation is 1. The number of hydrogen-bond acceptors (Lipinski definition) is 6. The van der Waals surface area contributed by atoms with Gasteiger partial charge in [-0.25, -0.2) is 8.42 Å². The van der Waals surface area contributed by atoms with Crippen LogP contribution in [0.5, 0.6) is 0 Å². The van der Waals surface area contributed by atoms with Gasteiger partial charge in [-0.05, 0) is 18.6 Å². The number of sulfonamides is 1. The number of anilines is 1. The Balaban J connectivity index is 3.26. The van der Waals surface area contributed by atoms with E-state index in [9.17, 15) is 8.42 Å². The standard InChI is InChI=1S/C11H18N2O5S/c1-8-3-2-4-9(12)10(8)19(17,18)13-11(5-14,6-15)7-16/h2-4,13-16H,5-7,12H2,1H3. The molecule has 0 aliphatic rings. The topological polar surface area (TPSA) is 133 Å². The zero-order valence-electron chi connectivity index (χ0n) is 10.5. The van der Waals surface area contributed by atoms with Crippen molar-refractivity contribution in [1.82, 2.24) is 4.72 Å². The zero-order valence-corrected chi connectivity index (χ0v) is 11.3. The molecule has 0 heterocycles. The van der Waals surface area contributed by atoms with E-state index in [1.165, 1.54) is 6.07 Å². The number of aliphatic hydroxyl groups excluding tert-OH is 3. The summed E-state index contributed by atoms with van der Waals surface area (Å²) >= 11 is 0. The van der Waals surface area contributed by atoms with Gasteiger partial charge in [-0.2, -0.15) is 4.72 Å². The highest BCUT2D eigenvalue weighted by Gasteiger charge is 2.35. The molecule has 0 spiro atoms. The summed E-state index contributed by atoms with van der Waals surface area (Å²) < 4.78 is 26.6. The van der Waals surface area contributed by atoms with Crippen LogP contribution in [-0.2, 0) is 10.0 Å². The average Bonchev–Trinajstić information content (AvgIpc) is 2.35. The molecule has 0 radical (unpaired) electrons. The van der Waals surface area contributed by atoms with Crippen molar-refractivity contribution in [3.8, 4) is 0 Å². The van der Waals surface area contributed by atoms with Crippen molar-refractivity contribution in [2.24, 2.45) is 0 Å². The number of nitrogen functional groups attached to an aromatic ring is 1. The average molecular weight is 290 g/mol. The third-order valence-corrected chi connectivity index (χ3v) is 4.57. The summed E-state index contributed by atoms with van der Waals surface area (Å²) in [6.45, 7) is -0.662. The molecule has 0 amide bonds. The molecule has 1 aromatic carbocycles. The number of rotatable bonds is 6. The molecule has 1 rings (SSSR count). The maximum Gasteiger partial charge on any atom is 0.243 e. The van der Waals surface area contributed by atoms with Gasteiger partial charge in [0, 0.05) is 0 Å². The van der Waals surface area contributed by atoms with E-state index in [-0.39, 0.29) is 10.6 Å². The molecule has 0 aliphatic carbocycles. The van der Waals surface area contributed by atoms with E-state index in [0.717, 1.165) is 0 Å². The largest absolute Gasteiger partial charge is 0.398 e. The lowest BCUT2D eigenvalue weighted by Crippen LogP contribution is -2.56. The highest BCUT2D eigenvalue weighted by Crippen LogP contribution is 2.23. The fourth-order valence-corrected chi connectivity index (χ4v) is 3.36. The van der Waals surface area contributed by atoms with Crippen molar-refractivity contribution in [1.29, 1.82) is 0 Å². The lowest BCUT2D eigenvalue weighted by molar-refractivity contribution is 0.0582. The van der Waals surface area contributed by atoms with Crippen LogP contribution in [0.4, 0.5) is 5.69 Å². The van der Waals surface area contributed by atoms with Crippen LogP contribution in [0.1, 0.15) is 5.56 Å². The van der Waals surface area contributed by atoms with Gasteiger partial charge in [-0.3, -0.25) is 0 Å². The van der Waals surface area contributed by atoms with Gasteiger partial charge in [0.05, 0.1) is 25.5 Å². The van der Waals surface area contributed by atoms with Gasteiger partial charge in [-0.1, -0.05) is 12.1 Å². The van der Waals surface area contributed by atoms with Crippen molar-refractivity contribution in [3.05, 3.63) is 23.8 Å². The minimum Gasteiger partial charge on any atom is -0.398 e. The summed E-state index contributed by atoms with van der Waals surface area (Å²) in [5.74, 6) is 0. The lowest BCUT2D eigenvalue weighted by Gasteiger charge is -2.28. The maximum absolute atomic E-state index is 12.2. The second kappa shape index (κ2) is 5.85. The van der Waals surface area contributed by atoms with Gasteiger partial charge in [0.25, 0.3) is 0 Å². The Bertz CT molecular complexity index is 512. The van der Waals surface area contributed by atoms with Gasteiger partial charge < -0.3 is 21.1 Å². The van der Waals surface area contributed by atoms with Crippen LogP contribution < -0.4 is 10.5 Å². The molecule has 7 nitrogen and oxygen atoms in total. The molecule has 8 heteroatoms. The fraction of sp³-hybridized carbons (Fsp3) is 0.455. The van der Waals surface area contributed by atoms with Crippen LogP contribution >= 0.6 is 0 Å². The first kappa shape index (κ1) is 15.9. The molecule has 0 saturated heterocycles. The number of nitrogens with one attached hydrogen (secondary N) is 1. The lowest BCUT2D eigenvalue weighted by atomic mass is 10.1. The summed E-state index contributed by atoms with van der Waals surface area (Å²) in [5.41, 5.74) is 4.39. The molecule has 0 fully saturated rings. The molecule has 0 aliphatic heterocycles. The minimum absolute atomic E-state index is 0.0511. The smallest absolute Gasteiger partial charge is 0.243 e. The number of aliphatic hydroxyl groups is 3. The van der Waals surface area contributed by atoms with Crippen molar-refractivity contribution < 1.29 is 23.7 Å². The Morgan fingerprint density at radius 2 is 1.74 bits per heavy atom. The van der Waals surface area contributed by atoms with Gasteiger partial charge in [0.2, 0.25) is 10.0 Å². The molecule has 19 heavy (non-hydrogen) atoms. The van der Waals surface area contributed by atoms with Crippen LogP contribution in [0.3, 0.4) is 0 Å². The molecular weight excluding hydrogens is 272 g/mol. The fourth-order valence-electron chi connectivity index (χ4n) is 1.63. The Morgan fingerprint density at radius 1 is 1.21 bits per heavy atom. The predicted molar refractivity (Wildman–Crippen MR) is 69.9 cm³/mol. The summed E-state index contributed by atoms with van der Waals surface area (Å²) in [6.07, 6.45) is 0. The maximum atomic E-state index is 12.2. The highest BCUT2D eigenvalue weighted by molar-refractivity contribution is 7.89. The van der Waals surface area contributed by atoms with E-state index in [4.69, 9.17) is 21.1 Å². The zero-order chi connectivity index (χ0) is 14.7.